The number of hydrogen-bond donors (Lipinski definition) is 1. The van der Waals surface area contributed by atoms with Crippen LogP contribution in [0.1, 0.15) is 36.5 Å². The molecule has 1 rings (SSSR count). The Hall–Kier alpha value is -1.47. The van der Waals surface area contributed by atoms with Crippen LogP contribution in [0.15, 0.2) is 0 Å². The van der Waals surface area contributed by atoms with Crippen LogP contribution in [0, 0.1) is 0 Å². The predicted octanol–water partition coefficient (Wildman–Crippen LogP) is 0.372. The fourth-order valence-electron chi connectivity index (χ4n) is 1.43. The first-order valence-electron chi connectivity index (χ1n) is 5.67. The molecule has 102 valence electrons. The van der Waals surface area contributed by atoms with Gasteiger partial charge in [0.05, 0.1) is 31.6 Å². The predicted molar refractivity (Wildman–Crippen MR) is 63.0 cm³/mol. The molecule has 0 aliphatic heterocycles. The number of methoxy groups -OCH3 is 2. The Balaban J connectivity index is 3.05. The lowest BCUT2D eigenvalue weighted by atomic mass is 10.0. The van der Waals surface area contributed by atoms with Crippen molar-refractivity contribution in [3.8, 4) is 0 Å². The van der Waals surface area contributed by atoms with Gasteiger partial charge in [-0.1, -0.05) is 12.1 Å². The molecule has 7 nitrogen and oxygen atoms in total. The number of nitrogens with zero attached hydrogens (tertiary/aromatic N) is 3. The van der Waals surface area contributed by atoms with Crippen molar-refractivity contribution in [2.75, 3.05) is 14.2 Å². The molecule has 1 aromatic heterocycles. The highest BCUT2D eigenvalue weighted by atomic mass is 16.5. The molecule has 0 bridgehead atoms. The van der Waals surface area contributed by atoms with E-state index in [1.807, 2.05) is 6.92 Å². The van der Waals surface area contributed by atoms with Gasteiger partial charge in [0.1, 0.15) is 0 Å². The van der Waals surface area contributed by atoms with Gasteiger partial charge in [-0.15, -0.1) is 5.10 Å². The van der Waals surface area contributed by atoms with Crippen LogP contribution in [0.25, 0.3) is 0 Å². The molecule has 1 unspecified atom stereocenters. The molecular formula is C11H19N3O4. The summed E-state index contributed by atoms with van der Waals surface area (Å²) in [6, 6.07) is 0. The number of carbonyl (C=O) groups is 1. The number of carbonyl (C=O) groups excluding carboxylic acids is 1. The van der Waals surface area contributed by atoms with Crippen LogP contribution in [0.2, 0.25) is 0 Å². The minimum Gasteiger partial charge on any atom is -0.464 e. The zero-order valence-corrected chi connectivity index (χ0v) is 11.1. The second-order valence-electron chi connectivity index (χ2n) is 4.32. The van der Waals surface area contributed by atoms with Gasteiger partial charge in [-0.2, -0.15) is 0 Å². The molecule has 1 aromatic rings. The summed E-state index contributed by atoms with van der Waals surface area (Å²) in [7, 11) is 2.79. The molecule has 0 spiro atoms. The van der Waals surface area contributed by atoms with E-state index < -0.39 is 11.6 Å². The van der Waals surface area contributed by atoms with E-state index >= 15 is 0 Å². The van der Waals surface area contributed by atoms with E-state index in [2.05, 4.69) is 15.0 Å². The Morgan fingerprint density at radius 2 is 2.17 bits per heavy atom. The standard InChI is InChI=1S/C11H19N3O4/c1-5-11(2,16)7-14-8(6-17-3)9(12-13-14)10(15)18-4/h16H,5-7H2,1-4H3. The van der Waals surface area contributed by atoms with Gasteiger partial charge in [0.2, 0.25) is 0 Å². The van der Waals surface area contributed by atoms with Crippen molar-refractivity contribution in [1.82, 2.24) is 15.0 Å². The van der Waals surface area contributed by atoms with Crippen LogP contribution < -0.4 is 0 Å². The van der Waals surface area contributed by atoms with Crippen molar-refractivity contribution in [3.05, 3.63) is 11.4 Å². The third-order valence-electron chi connectivity index (χ3n) is 2.75. The summed E-state index contributed by atoms with van der Waals surface area (Å²) in [4.78, 5) is 11.5. The van der Waals surface area contributed by atoms with E-state index in [1.54, 1.807) is 6.92 Å². The first kappa shape index (κ1) is 14.6. The Bertz CT molecular complexity index is 414. The highest BCUT2D eigenvalue weighted by Crippen LogP contribution is 2.15. The van der Waals surface area contributed by atoms with Crippen molar-refractivity contribution in [3.63, 3.8) is 0 Å². The van der Waals surface area contributed by atoms with E-state index in [9.17, 15) is 9.90 Å². The van der Waals surface area contributed by atoms with Crippen molar-refractivity contribution in [2.24, 2.45) is 0 Å². The van der Waals surface area contributed by atoms with E-state index in [0.29, 0.717) is 12.1 Å². The van der Waals surface area contributed by atoms with Crippen molar-refractivity contribution < 1.29 is 19.4 Å². The first-order chi connectivity index (χ1) is 8.45. The third kappa shape index (κ3) is 3.27. The maximum atomic E-state index is 11.5. The maximum absolute atomic E-state index is 11.5. The van der Waals surface area contributed by atoms with Crippen molar-refractivity contribution >= 4 is 5.97 Å². The molecule has 0 saturated heterocycles. The van der Waals surface area contributed by atoms with E-state index in [0.717, 1.165) is 0 Å². The monoisotopic (exact) mass is 257 g/mol. The van der Waals surface area contributed by atoms with Crippen LogP contribution in [-0.2, 0) is 22.6 Å². The molecule has 7 heteroatoms. The Kier molecular flexibility index (Phi) is 4.80. The summed E-state index contributed by atoms with van der Waals surface area (Å²) >= 11 is 0. The van der Waals surface area contributed by atoms with E-state index in [4.69, 9.17) is 4.74 Å². The maximum Gasteiger partial charge on any atom is 0.360 e. The SMILES string of the molecule is CCC(C)(O)Cn1nnc(C(=O)OC)c1COC. The summed E-state index contributed by atoms with van der Waals surface area (Å²) in [5.74, 6) is -0.565. The van der Waals surface area contributed by atoms with Crippen molar-refractivity contribution in [1.29, 1.82) is 0 Å². The highest BCUT2D eigenvalue weighted by Gasteiger charge is 2.25. The average molecular weight is 257 g/mol. The molecular weight excluding hydrogens is 238 g/mol. The minimum atomic E-state index is -0.913. The number of rotatable bonds is 6. The summed E-state index contributed by atoms with van der Waals surface area (Å²) in [6.07, 6.45) is 0.562. The molecule has 18 heavy (non-hydrogen) atoms. The molecule has 0 aliphatic carbocycles. The molecule has 0 aromatic carbocycles. The zero-order valence-electron chi connectivity index (χ0n) is 11.1. The van der Waals surface area contributed by atoms with Gasteiger partial charge < -0.3 is 14.6 Å². The van der Waals surface area contributed by atoms with Crippen LogP contribution in [0.4, 0.5) is 0 Å². The lowest BCUT2D eigenvalue weighted by Crippen LogP contribution is -2.31. The van der Waals surface area contributed by atoms with Gasteiger partial charge >= 0.3 is 5.97 Å². The van der Waals surface area contributed by atoms with Gasteiger partial charge in [0.25, 0.3) is 0 Å². The minimum absolute atomic E-state index is 0.117. The summed E-state index contributed by atoms with van der Waals surface area (Å²) in [6.45, 7) is 3.99. The second kappa shape index (κ2) is 5.92. The molecule has 0 aliphatic rings. The van der Waals surface area contributed by atoms with Gasteiger partial charge in [-0.3, -0.25) is 0 Å². The summed E-state index contributed by atoms with van der Waals surface area (Å²) in [5.41, 5.74) is -0.298. The first-order valence-corrected chi connectivity index (χ1v) is 5.67. The Labute approximate surface area is 106 Å². The molecule has 0 radical (unpaired) electrons. The summed E-state index contributed by atoms with van der Waals surface area (Å²) < 4.78 is 11.1. The molecule has 0 fully saturated rings. The fraction of sp³-hybridized carbons (Fsp3) is 0.727. The van der Waals surface area contributed by atoms with Crippen LogP contribution in [0.3, 0.4) is 0 Å². The van der Waals surface area contributed by atoms with Crippen LogP contribution >= 0.6 is 0 Å². The quantitative estimate of drug-likeness (QED) is 0.741. The molecule has 0 amide bonds. The lowest BCUT2D eigenvalue weighted by molar-refractivity contribution is 0.0312. The van der Waals surface area contributed by atoms with Gasteiger partial charge in [-0.05, 0) is 13.3 Å². The topological polar surface area (TPSA) is 86.5 Å². The molecule has 1 N–H and O–H groups in total. The smallest absolute Gasteiger partial charge is 0.360 e. The Morgan fingerprint density at radius 3 is 2.67 bits per heavy atom. The van der Waals surface area contributed by atoms with Crippen LogP contribution in [0.5, 0.6) is 0 Å². The average Bonchev–Trinajstić information content (AvgIpc) is 2.71. The van der Waals surface area contributed by atoms with E-state index in [1.165, 1.54) is 18.9 Å². The fourth-order valence-corrected chi connectivity index (χ4v) is 1.43. The van der Waals surface area contributed by atoms with Crippen LogP contribution in [-0.4, -0.2) is 45.9 Å². The third-order valence-corrected chi connectivity index (χ3v) is 2.75. The number of esters is 1. The van der Waals surface area contributed by atoms with Gasteiger partial charge in [0, 0.05) is 7.11 Å². The van der Waals surface area contributed by atoms with E-state index in [-0.39, 0.29) is 18.8 Å². The summed E-state index contributed by atoms with van der Waals surface area (Å²) in [5, 5.41) is 17.7. The normalized spacial score (nSPS) is 14.3. The number of aliphatic hydroxyl groups is 1. The molecule has 1 atom stereocenters. The highest BCUT2D eigenvalue weighted by molar-refractivity contribution is 5.88. The zero-order chi connectivity index (χ0) is 13.8. The number of ether oxygens (including phenoxy) is 2. The molecule has 1 heterocycles. The van der Waals surface area contributed by atoms with Crippen molar-refractivity contribution in [2.45, 2.75) is 39.0 Å². The Morgan fingerprint density at radius 1 is 1.50 bits per heavy atom. The second-order valence-corrected chi connectivity index (χ2v) is 4.32. The molecule has 0 saturated carbocycles. The van der Waals surface area contributed by atoms with Gasteiger partial charge in [0.15, 0.2) is 5.69 Å². The largest absolute Gasteiger partial charge is 0.464 e. The lowest BCUT2D eigenvalue weighted by Gasteiger charge is -2.21. The number of hydrogen-bond acceptors (Lipinski definition) is 6. The number of aromatic nitrogens is 3. The van der Waals surface area contributed by atoms with Gasteiger partial charge in [-0.25, -0.2) is 9.48 Å².